The lowest BCUT2D eigenvalue weighted by atomic mass is 10.2. The molecule has 0 fully saturated rings. The molecule has 0 amide bonds. The van der Waals surface area contributed by atoms with Crippen LogP contribution in [0.25, 0.3) is 0 Å². The lowest BCUT2D eigenvalue weighted by molar-refractivity contribution is 0.803. The van der Waals surface area contributed by atoms with Crippen LogP contribution in [0.5, 0.6) is 0 Å². The van der Waals surface area contributed by atoms with Gasteiger partial charge in [0.05, 0.1) is 12.2 Å². The summed E-state index contributed by atoms with van der Waals surface area (Å²) in [5, 5.41) is 7.71. The molecule has 132 valence electrons. The summed E-state index contributed by atoms with van der Waals surface area (Å²) in [5.74, 6) is 0.784. The van der Waals surface area contributed by atoms with Gasteiger partial charge in [-0.15, -0.1) is 35.3 Å². The van der Waals surface area contributed by atoms with Crippen LogP contribution in [0.2, 0.25) is 0 Å². The molecule has 0 aliphatic heterocycles. The number of anilines is 1. The molecular weight excluding hydrogens is 433 g/mol. The van der Waals surface area contributed by atoms with Crippen molar-refractivity contribution in [2.45, 2.75) is 26.9 Å². The first-order valence-corrected chi connectivity index (χ1v) is 8.45. The van der Waals surface area contributed by atoms with Crippen molar-refractivity contribution in [2.24, 2.45) is 4.99 Å². The molecule has 0 saturated heterocycles. The maximum atomic E-state index is 4.53. The number of halogens is 1. The summed E-state index contributed by atoms with van der Waals surface area (Å²) in [4.78, 5) is 12.1. The van der Waals surface area contributed by atoms with Crippen LogP contribution in [0.15, 0.2) is 29.3 Å². The number of benzene rings is 1. The van der Waals surface area contributed by atoms with Gasteiger partial charge >= 0.3 is 0 Å². The van der Waals surface area contributed by atoms with E-state index in [2.05, 4.69) is 56.7 Å². The quantitative estimate of drug-likeness (QED) is 0.409. The van der Waals surface area contributed by atoms with E-state index in [0.717, 1.165) is 23.2 Å². The van der Waals surface area contributed by atoms with E-state index in [0.29, 0.717) is 6.54 Å². The zero-order chi connectivity index (χ0) is 16.8. The second-order valence-electron chi connectivity index (χ2n) is 5.59. The predicted molar refractivity (Wildman–Crippen MR) is 115 cm³/mol. The Kier molecular flexibility index (Phi) is 8.47. The molecule has 2 rings (SSSR count). The van der Waals surface area contributed by atoms with E-state index in [4.69, 9.17) is 0 Å². The van der Waals surface area contributed by atoms with Gasteiger partial charge in [0.2, 0.25) is 0 Å². The van der Waals surface area contributed by atoms with Crippen molar-refractivity contribution in [3.63, 3.8) is 0 Å². The number of aromatic nitrogens is 1. The van der Waals surface area contributed by atoms with E-state index in [1.165, 1.54) is 16.1 Å². The smallest absolute Gasteiger partial charge is 0.191 e. The molecule has 0 bridgehead atoms. The molecule has 0 unspecified atom stereocenters. The van der Waals surface area contributed by atoms with Gasteiger partial charge in [0, 0.05) is 38.3 Å². The summed E-state index contributed by atoms with van der Waals surface area (Å²) < 4.78 is 0. The minimum absolute atomic E-state index is 0. The largest absolute Gasteiger partial charge is 0.378 e. The molecule has 1 aromatic heterocycles. The number of hydrogen-bond donors (Lipinski definition) is 2. The average Bonchev–Trinajstić information content (AvgIpc) is 2.86. The van der Waals surface area contributed by atoms with E-state index >= 15 is 0 Å². The van der Waals surface area contributed by atoms with Crippen molar-refractivity contribution in [1.82, 2.24) is 15.6 Å². The van der Waals surface area contributed by atoms with E-state index in [1.807, 2.05) is 21.0 Å². The van der Waals surface area contributed by atoms with Crippen LogP contribution in [-0.2, 0) is 13.1 Å². The minimum atomic E-state index is 0. The highest BCUT2D eigenvalue weighted by molar-refractivity contribution is 14.0. The molecule has 0 saturated carbocycles. The van der Waals surface area contributed by atoms with E-state index in [-0.39, 0.29) is 24.0 Å². The summed E-state index contributed by atoms with van der Waals surface area (Å²) in [6.45, 7) is 5.57. The van der Waals surface area contributed by atoms with Crippen LogP contribution in [0.4, 0.5) is 5.69 Å². The first-order valence-electron chi connectivity index (χ1n) is 7.63. The van der Waals surface area contributed by atoms with Crippen LogP contribution in [-0.4, -0.2) is 32.1 Å². The lowest BCUT2D eigenvalue weighted by Gasteiger charge is -2.14. The van der Waals surface area contributed by atoms with Gasteiger partial charge in [-0.25, -0.2) is 4.98 Å². The Labute approximate surface area is 165 Å². The van der Waals surface area contributed by atoms with Gasteiger partial charge in [-0.1, -0.05) is 12.1 Å². The Morgan fingerprint density at radius 3 is 2.25 bits per heavy atom. The fraction of sp³-hybridized carbons (Fsp3) is 0.412. The van der Waals surface area contributed by atoms with Gasteiger partial charge in [0.15, 0.2) is 5.96 Å². The molecule has 0 spiro atoms. The fourth-order valence-corrected chi connectivity index (χ4v) is 2.97. The molecule has 0 aliphatic carbocycles. The number of rotatable bonds is 5. The Bertz CT molecular complexity index is 645. The molecule has 2 aromatic rings. The maximum absolute atomic E-state index is 4.53. The zero-order valence-corrected chi connectivity index (χ0v) is 18.0. The first kappa shape index (κ1) is 20.7. The lowest BCUT2D eigenvalue weighted by Crippen LogP contribution is -2.36. The molecule has 0 atom stereocenters. The summed E-state index contributed by atoms with van der Waals surface area (Å²) >= 11 is 1.72. The highest BCUT2D eigenvalue weighted by Crippen LogP contribution is 2.16. The van der Waals surface area contributed by atoms with Crippen LogP contribution < -0.4 is 15.5 Å². The third-order valence-electron chi connectivity index (χ3n) is 3.62. The predicted octanol–water partition coefficient (Wildman–Crippen LogP) is 3.31. The Morgan fingerprint density at radius 2 is 1.75 bits per heavy atom. The van der Waals surface area contributed by atoms with Crippen molar-refractivity contribution < 1.29 is 0 Å². The highest BCUT2D eigenvalue weighted by atomic mass is 127. The molecule has 7 heteroatoms. The van der Waals surface area contributed by atoms with E-state index in [9.17, 15) is 0 Å². The van der Waals surface area contributed by atoms with Crippen molar-refractivity contribution in [1.29, 1.82) is 0 Å². The summed E-state index contributed by atoms with van der Waals surface area (Å²) in [5.41, 5.74) is 3.53. The van der Waals surface area contributed by atoms with Crippen LogP contribution in [0.1, 0.15) is 21.1 Å². The fourth-order valence-electron chi connectivity index (χ4n) is 2.09. The van der Waals surface area contributed by atoms with Gasteiger partial charge in [0.1, 0.15) is 5.01 Å². The topological polar surface area (TPSA) is 52.6 Å². The summed E-state index contributed by atoms with van der Waals surface area (Å²) in [6, 6.07) is 8.50. The molecule has 1 heterocycles. The van der Waals surface area contributed by atoms with Gasteiger partial charge in [-0.2, -0.15) is 0 Å². The second kappa shape index (κ2) is 9.83. The highest BCUT2D eigenvalue weighted by Gasteiger charge is 2.05. The number of nitrogens with one attached hydrogen (secondary N) is 2. The van der Waals surface area contributed by atoms with E-state index < -0.39 is 0 Å². The maximum Gasteiger partial charge on any atom is 0.191 e. The zero-order valence-electron chi connectivity index (χ0n) is 14.9. The number of guanidine groups is 1. The summed E-state index contributed by atoms with van der Waals surface area (Å²) in [6.07, 6.45) is 0. The Hall–Kier alpha value is -1.35. The molecule has 24 heavy (non-hydrogen) atoms. The van der Waals surface area contributed by atoms with Crippen molar-refractivity contribution in [3.05, 3.63) is 45.4 Å². The molecule has 5 nitrogen and oxygen atoms in total. The van der Waals surface area contributed by atoms with Crippen LogP contribution >= 0.6 is 35.3 Å². The Balaban J connectivity index is 0.00000288. The third-order valence-corrected chi connectivity index (χ3v) is 4.69. The second-order valence-corrected chi connectivity index (χ2v) is 6.88. The number of hydrogen-bond acceptors (Lipinski definition) is 4. The third kappa shape index (κ3) is 5.94. The molecule has 0 radical (unpaired) electrons. The van der Waals surface area contributed by atoms with Crippen molar-refractivity contribution >= 4 is 47.0 Å². The summed E-state index contributed by atoms with van der Waals surface area (Å²) in [7, 11) is 5.87. The average molecular weight is 459 g/mol. The number of thiazole rings is 1. The number of aryl methyl sites for hydroxylation is 2. The SMILES string of the molecule is CN=C(NCc1ccc(N(C)C)cc1)NCc1nc(C)c(C)s1.I. The normalized spacial score (nSPS) is 11.0. The Morgan fingerprint density at radius 1 is 1.12 bits per heavy atom. The standard InChI is InChI=1S/C17H25N5S.HI/c1-12-13(2)23-16(21-12)11-20-17(18-3)19-10-14-6-8-15(9-7-14)22(4)5;/h6-9H,10-11H2,1-5H3,(H2,18,19,20);1H. The van der Waals surface area contributed by atoms with Crippen LogP contribution in [0.3, 0.4) is 0 Å². The van der Waals surface area contributed by atoms with Crippen molar-refractivity contribution in [3.8, 4) is 0 Å². The number of aliphatic imine (C=N–C) groups is 1. The number of nitrogens with zero attached hydrogens (tertiary/aromatic N) is 3. The first-order chi connectivity index (χ1) is 11.0. The minimum Gasteiger partial charge on any atom is -0.378 e. The van der Waals surface area contributed by atoms with E-state index in [1.54, 1.807) is 18.4 Å². The van der Waals surface area contributed by atoms with Crippen molar-refractivity contribution in [2.75, 3.05) is 26.0 Å². The molecule has 1 aromatic carbocycles. The van der Waals surface area contributed by atoms with Gasteiger partial charge in [-0.3, -0.25) is 4.99 Å². The molecular formula is C17H26IN5S. The molecule has 0 aliphatic rings. The monoisotopic (exact) mass is 459 g/mol. The van der Waals surface area contributed by atoms with Gasteiger partial charge < -0.3 is 15.5 Å². The van der Waals surface area contributed by atoms with Gasteiger partial charge in [0.25, 0.3) is 0 Å². The van der Waals surface area contributed by atoms with Crippen LogP contribution in [0, 0.1) is 13.8 Å². The molecule has 2 N–H and O–H groups in total. The van der Waals surface area contributed by atoms with Gasteiger partial charge in [-0.05, 0) is 31.5 Å².